The molecule has 0 radical (unpaired) electrons. The van der Waals surface area contributed by atoms with Gasteiger partial charge in [0, 0.05) is 31.9 Å². The molecular formula is C22H27N3O5S. The summed E-state index contributed by atoms with van der Waals surface area (Å²) in [6.45, 7) is 0.997. The molecule has 2 aromatic carbocycles. The summed E-state index contributed by atoms with van der Waals surface area (Å²) in [5.41, 5.74) is 1.26. The molecule has 1 aliphatic rings. The van der Waals surface area contributed by atoms with Crippen molar-refractivity contribution in [2.75, 3.05) is 32.1 Å². The predicted octanol–water partition coefficient (Wildman–Crippen LogP) is 2.17. The van der Waals surface area contributed by atoms with Gasteiger partial charge in [-0.1, -0.05) is 24.6 Å². The standard InChI is InChI=1S/C22H27N3O5S/c1-23-22(27)16-30-19-7-5-6-18(15-19)24-21(26)14-17-8-10-20(11-9-17)31(28,29)25-12-3-2-4-13-25/h5-11,15H,2-4,12-14,16H2,1H3,(H,23,27)(H,24,26). The minimum Gasteiger partial charge on any atom is -0.484 e. The van der Waals surface area contributed by atoms with Gasteiger partial charge in [0.1, 0.15) is 5.75 Å². The van der Waals surface area contributed by atoms with Gasteiger partial charge in [-0.3, -0.25) is 9.59 Å². The number of hydrogen-bond acceptors (Lipinski definition) is 5. The Morgan fingerprint density at radius 1 is 1.00 bits per heavy atom. The van der Waals surface area contributed by atoms with Gasteiger partial charge in [-0.15, -0.1) is 0 Å². The Kier molecular flexibility index (Phi) is 7.64. The van der Waals surface area contributed by atoms with Crippen LogP contribution in [0, 0.1) is 0 Å². The first-order valence-corrected chi connectivity index (χ1v) is 11.6. The zero-order valence-electron chi connectivity index (χ0n) is 17.5. The molecule has 0 aliphatic carbocycles. The van der Waals surface area contributed by atoms with Crippen LogP contribution >= 0.6 is 0 Å². The number of piperidine rings is 1. The number of anilines is 1. The van der Waals surface area contributed by atoms with Crippen LogP contribution in [0.1, 0.15) is 24.8 Å². The van der Waals surface area contributed by atoms with E-state index in [1.54, 1.807) is 48.5 Å². The minimum atomic E-state index is -3.48. The van der Waals surface area contributed by atoms with Gasteiger partial charge in [-0.2, -0.15) is 4.31 Å². The van der Waals surface area contributed by atoms with Crippen LogP contribution in [0.2, 0.25) is 0 Å². The van der Waals surface area contributed by atoms with E-state index >= 15 is 0 Å². The molecule has 166 valence electrons. The van der Waals surface area contributed by atoms with Crippen molar-refractivity contribution >= 4 is 27.5 Å². The highest BCUT2D eigenvalue weighted by molar-refractivity contribution is 7.89. The van der Waals surface area contributed by atoms with Crippen molar-refractivity contribution in [1.29, 1.82) is 0 Å². The van der Waals surface area contributed by atoms with E-state index in [-0.39, 0.29) is 29.7 Å². The molecule has 0 saturated carbocycles. The third kappa shape index (κ3) is 6.28. The minimum absolute atomic E-state index is 0.105. The summed E-state index contributed by atoms with van der Waals surface area (Å²) in [6, 6.07) is 13.2. The molecule has 0 aromatic heterocycles. The average Bonchev–Trinajstić information content (AvgIpc) is 2.78. The number of likely N-dealkylation sites (N-methyl/N-ethyl adjacent to an activating group) is 1. The fourth-order valence-corrected chi connectivity index (χ4v) is 4.83. The van der Waals surface area contributed by atoms with E-state index in [1.807, 2.05) is 0 Å². The molecule has 1 aliphatic heterocycles. The number of carbonyl (C=O) groups is 2. The molecule has 9 heteroatoms. The molecule has 0 atom stereocenters. The topological polar surface area (TPSA) is 105 Å². The summed E-state index contributed by atoms with van der Waals surface area (Å²) >= 11 is 0. The van der Waals surface area contributed by atoms with E-state index in [9.17, 15) is 18.0 Å². The Balaban J connectivity index is 1.58. The van der Waals surface area contributed by atoms with E-state index in [0.717, 1.165) is 19.3 Å². The summed E-state index contributed by atoms with van der Waals surface area (Å²) < 4.78 is 32.3. The van der Waals surface area contributed by atoms with Gasteiger partial charge in [0.25, 0.3) is 5.91 Å². The molecule has 0 bridgehead atoms. The maximum absolute atomic E-state index is 12.7. The van der Waals surface area contributed by atoms with Crippen molar-refractivity contribution in [2.24, 2.45) is 0 Å². The summed E-state index contributed by atoms with van der Waals surface area (Å²) in [5, 5.41) is 5.25. The first kappa shape index (κ1) is 22.8. The second-order valence-electron chi connectivity index (χ2n) is 7.32. The van der Waals surface area contributed by atoms with Gasteiger partial charge in [0.15, 0.2) is 6.61 Å². The lowest BCUT2D eigenvalue weighted by atomic mass is 10.1. The Bertz CT molecular complexity index is 1020. The third-order valence-electron chi connectivity index (χ3n) is 5.01. The maximum atomic E-state index is 12.7. The SMILES string of the molecule is CNC(=O)COc1cccc(NC(=O)Cc2ccc(S(=O)(=O)N3CCCCC3)cc2)c1. The van der Waals surface area contributed by atoms with E-state index in [4.69, 9.17) is 4.74 Å². The molecule has 0 spiro atoms. The fourth-order valence-electron chi connectivity index (χ4n) is 3.31. The van der Waals surface area contributed by atoms with E-state index in [0.29, 0.717) is 30.1 Å². The number of ether oxygens (including phenoxy) is 1. The predicted molar refractivity (Wildman–Crippen MR) is 117 cm³/mol. The van der Waals surface area contributed by atoms with E-state index in [2.05, 4.69) is 10.6 Å². The zero-order chi connectivity index (χ0) is 22.3. The Morgan fingerprint density at radius 2 is 1.71 bits per heavy atom. The molecule has 2 aromatic rings. The second-order valence-corrected chi connectivity index (χ2v) is 9.26. The molecule has 2 amide bonds. The van der Waals surface area contributed by atoms with Gasteiger partial charge < -0.3 is 15.4 Å². The van der Waals surface area contributed by atoms with Crippen molar-refractivity contribution in [3.8, 4) is 5.75 Å². The van der Waals surface area contributed by atoms with Crippen molar-refractivity contribution in [2.45, 2.75) is 30.6 Å². The van der Waals surface area contributed by atoms with Gasteiger partial charge in [0.05, 0.1) is 11.3 Å². The smallest absolute Gasteiger partial charge is 0.257 e. The number of hydrogen-bond donors (Lipinski definition) is 2. The fraction of sp³-hybridized carbons (Fsp3) is 0.364. The molecule has 1 saturated heterocycles. The number of amides is 2. The van der Waals surface area contributed by atoms with Crippen molar-refractivity contribution in [1.82, 2.24) is 9.62 Å². The molecule has 0 unspecified atom stereocenters. The number of nitrogens with zero attached hydrogens (tertiary/aromatic N) is 1. The van der Waals surface area contributed by atoms with Gasteiger partial charge in [-0.05, 0) is 42.7 Å². The lowest BCUT2D eigenvalue weighted by molar-refractivity contribution is -0.122. The van der Waals surface area contributed by atoms with Crippen molar-refractivity contribution < 1.29 is 22.7 Å². The Morgan fingerprint density at radius 3 is 2.39 bits per heavy atom. The molecule has 2 N–H and O–H groups in total. The van der Waals surface area contributed by atoms with Crippen LogP contribution < -0.4 is 15.4 Å². The monoisotopic (exact) mass is 445 g/mol. The van der Waals surface area contributed by atoms with Gasteiger partial charge >= 0.3 is 0 Å². The molecule has 8 nitrogen and oxygen atoms in total. The molecule has 3 rings (SSSR count). The molecule has 1 fully saturated rings. The first-order chi connectivity index (χ1) is 14.9. The van der Waals surface area contributed by atoms with Gasteiger partial charge in [-0.25, -0.2) is 8.42 Å². The van der Waals surface area contributed by atoms with Crippen LogP contribution in [0.4, 0.5) is 5.69 Å². The second kappa shape index (κ2) is 10.4. The number of nitrogens with one attached hydrogen (secondary N) is 2. The number of carbonyl (C=O) groups excluding carboxylic acids is 2. The quantitative estimate of drug-likeness (QED) is 0.648. The maximum Gasteiger partial charge on any atom is 0.257 e. The van der Waals surface area contributed by atoms with Crippen molar-refractivity contribution in [3.63, 3.8) is 0 Å². The summed E-state index contributed by atoms with van der Waals surface area (Å²) in [4.78, 5) is 23.9. The normalized spacial score (nSPS) is 14.6. The number of rotatable bonds is 8. The summed E-state index contributed by atoms with van der Waals surface area (Å²) in [7, 11) is -1.96. The molecular weight excluding hydrogens is 418 g/mol. The van der Waals surface area contributed by atoms with Gasteiger partial charge in [0.2, 0.25) is 15.9 Å². The zero-order valence-corrected chi connectivity index (χ0v) is 18.3. The van der Waals surface area contributed by atoms with Crippen LogP contribution in [0.5, 0.6) is 5.75 Å². The number of sulfonamides is 1. The lowest BCUT2D eigenvalue weighted by Crippen LogP contribution is -2.35. The number of benzene rings is 2. The summed E-state index contributed by atoms with van der Waals surface area (Å²) in [5.74, 6) is -0.0241. The lowest BCUT2D eigenvalue weighted by Gasteiger charge is -2.25. The third-order valence-corrected chi connectivity index (χ3v) is 6.92. The highest BCUT2D eigenvalue weighted by Gasteiger charge is 2.25. The van der Waals surface area contributed by atoms with Crippen LogP contribution in [0.15, 0.2) is 53.4 Å². The first-order valence-electron chi connectivity index (χ1n) is 10.2. The highest BCUT2D eigenvalue weighted by atomic mass is 32.2. The van der Waals surface area contributed by atoms with Crippen LogP contribution in [-0.4, -0.2) is 51.3 Å². The molecule has 31 heavy (non-hydrogen) atoms. The van der Waals surface area contributed by atoms with Crippen LogP contribution in [-0.2, 0) is 26.0 Å². The van der Waals surface area contributed by atoms with E-state index < -0.39 is 10.0 Å². The summed E-state index contributed by atoms with van der Waals surface area (Å²) in [6.07, 6.45) is 2.93. The Hall–Kier alpha value is -2.91. The average molecular weight is 446 g/mol. The van der Waals surface area contributed by atoms with E-state index in [1.165, 1.54) is 11.4 Å². The largest absolute Gasteiger partial charge is 0.484 e. The van der Waals surface area contributed by atoms with Crippen LogP contribution in [0.25, 0.3) is 0 Å². The highest BCUT2D eigenvalue weighted by Crippen LogP contribution is 2.21. The molecule has 1 heterocycles. The van der Waals surface area contributed by atoms with Crippen LogP contribution in [0.3, 0.4) is 0 Å². The Labute approximate surface area is 182 Å². The van der Waals surface area contributed by atoms with Crippen molar-refractivity contribution in [3.05, 3.63) is 54.1 Å².